The van der Waals surface area contributed by atoms with Crippen molar-refractivity contribution in [2.45, 2.75) is 24.7 Å². The van der Waals surface area contributed by atoms with E-state index in [0.717, 1.165) is 24.2 Å². The van der Waals surface area contributed by atoms with Gasteiger partial charge in [-0.3, -0.25) is 0 Å². The SMILES string of the molecule is NCC1(C2(c3ccc(Br)cc3)COC2)CCC1. The van der Waals surface area contributed by atoms with Gasteiger partial charge in [0.05, 0.1) is 13.2 Å². The maximum atomic E-state index is 6.07. The summed E-state index contributed by atoms with van der Waals surface area (Å²) in [6, 6.07) is 8.70. The zero-order chi connectivity index (χ0) is 11.9. The Balaban J connectivity index is 1.99. The topological polar surface area (TPSA) is 35.2 Å². The van der Waals surface area contributed by atoms with Crippen LogP contribution in [0.2, 0.25) is 0 Å². The van der Waals surface area contributed by atoms with Crippen molar-refractivity contribution < 1.29 is 4.74 Å². The van der Waals surface area contributed by atoms with Crippen LogP contribution in [0.4, 0.5) is 0 Å². The average Bonchev–Trinajstić information content (AvgIpc) is 2.22. The van der Waals surface area contributed by atoms with Crippen molar-refractivity contribution in [2.75, 3.05) is 19.8 Å². The molecule has 1 aromatic carbocycles. The lowest BCUT2D eigenvalue weighted by atomic mass is 9.50. The summed E-state index contributed by atoms with van der Waals surface area (Å²) in [6.07, 6.45) is 3.82. The molecule has 1 saturated heterocycles. The van der Waals surface area contributed by atoms with Gasteiger partial charge in [0.15, 0.2) is 0 Å². The van der Waals surface area contributed by atoms with E-state index in [1.807, 2.05) is 0 Å². The number of ether oxygens (including phenoxy) is 1. The van der Waals surface area contributed by atoms with Crippen LogP contribution in [0.15, 0.2) is 28.7 Å². The number of rotatable bonds is 3. The first-order valence-electron chi connectivity index (χ1n) is 6.26. The quantitative estimate of drug-likeness (QED) is 0.931. The molecule has 2 aliphatic rings. The Hall–Kier alpha value is -0.380. The van der Waals surface area contributed by atoms with Gasteiger partial charge in [-0.25, -0.2) is 0 Å². The lowest BCUT2D eigenvalue weighted by molar-refractivity contribution is -0.153. The third-order valence-corrected chi connectivity index (χ3v) is 5.34. The molecule has 3 rings (SSSR count). The van der Waals surface area contributed by atoms with Gasteiger partial charge in [0, 0.05) is 9.89 Å². The van der Waals surface area contributed by atoms with Gasteiger partial charge in [-0.05, 0) is 42.5 Å². The minimum absolute atomic E-state index is 0.181. The summed E-state index contributed by atoms with van der Waals surface area (Å²) < 4.78 is 6.67. The van der Waals surface area contributed by atoms with Crippen LogP contribution < -0.4 is 5.73 Å². The second-order valence-corrected chi connectivity index (χ2v) is 6.34. The molecular formula is C14H18BrNO. The molecule has 0 radical (unpaired) electrons. The van der Waals surface area contributed by atoms with Crippen molar-refractivity contribution in [3.05, 3.63) is 34.3 Å². The molecule has 1 saturated carbocycles. The smallest absolute Gasteiger partial charge is 0.0591 e. The van der Waals surface area contributed by atoms with Crippen LogP contribution in [-0.2, 0) is 10.2 Å². The predicted octanol–water partition coefficient (Wildman–Crippen LogP) is 2.85. The van der Waals surface area contributed by atoms with E-state index in [1.165, 1.54) is 24.8 Å². The Morgan fingerprint density at radius 1 is 1.18 bits per heavy atom. The van der Waals surface area contributed by atoms with E-state index in [2.05, 4.69) is 40.2 Å². The molecule has 0 atom stereocenters. The van der Waals surface area contributed by atoms with Crippen LogP contribution in [0.5, 0.6) is 0 Å². The minimum Gasteiger partial charge on any atom is -0.379 e. The van der Waals surface area contributed by atoms with Crippen molar-refractivity contribution in [3.8, 4) is 0 Å². The predicted molar refractivity (Wildman–Crippen MR) is 72.0 cm³/mol. The number of hydrogen-bond acceptors (Lipinski definition) is 2. The van der Waals surface area contributed by atoms with E-state index in [0.29, 0.717) is 5.41 Å². The molecule has 0 bridgehead atoms. The lowest BCUT2D eigenvalue weighted by Gasteiger charge is -2.60. The van der Waals surface area contributed by atoms with E-state index in [9.17, 15) is 0 Å². The zero-order valence-corrected chi connectivity index (χ0v) is 11.5. The summed E-state index contributed by atoms with van der Waals surface area (Å²) in [5.74, 6) is 0. The Morgan fingerprint density at radius 3 is 2.18 bits per heavy atom. The molecule has 2 nitrogen and oxygen atoms in total. The standard InChI is InChI=1S/C14H18BrNO/c15-12-4-2-11(3-5-12)14(9-17-10-14)13(8-16)6-1-7-13/h2-5H,1,6-10,16H2. The van der Waals surface area contributed by atoms with Crippen LogP contribution in [0.25, 0.3) is 0 Å². The van der Waals surface area contributed by atoms with Gasteiger partial charge < -0.3 is 10.5 Å². The first-order chi connectivity index (χ1) is 8.22. The molecule has 0 aromatic heterocycles. The molecule has 1 aromatic rings. The highest BCUT2D eigenvalue weighted by Crippen LogP contribution is 2.57. The van der Waals surface area contributed by atoms with E-state index < -0.39 is 0 Å². The Morgan fingerprint density at radius 2 is 1.82 bits per heavy atom. The van der Waals surface area contributed by atoms with Crippen molar-refractivity contribution in [1.82, 2.24) is 0 Å². The van der Waals surface area contributed by atoms with Gasteiger partial charge in [0.2, 0.25) is 0 Å². The van der Waals surface area contributed by atoms with Gasteiger partial charge >= 0.3 is 0 Å². The molecule has 1 aliphatic heterocycles. The van der Waals surface area contributed by atoms with E-state index in [1.54, 1.807) is 0 Å². The highest BCUT2D eigenvalue weighted by atomic mass is 79.9. The van der Waals surface area contributed by atoms with Crippen molar-refractivity contribution in [3.63, 3.8) is 0 Å². The van der Waals surface area contributed by atoms with Crippen molar-refractivity contribution >= 4 is 15.9 Å². The molecule has 0 spiro atoms. The maximum Gasteiger partial charge on any atom is 0.0591 e. The van der Waals surface area contributed by atoms with Crippen molar-refractivity contribution in [1.29, 1.82) is 0 Å². The van der Waals surface area contributed by atoms with Crippen LogP contribution in [-0.4, -0.2) is 19.8 Å². The summed E-state index contributed by atoms with van der Waals surface area (Å²) >= 11 is 3.49. The fourth-order valence-corrected chi connectivity index (χ4v) is 3.60. The zero-order valence-electron chi connectivity index (χ0n) is 9.92. The highest BCUT2D eigenvalue weighted by molar-refractivity contribution is 9.10. The van der Waals surface area contributed by atoms with Gasteiger partial charge in [-0.15, -0.1) is 0 Å². The van der Waals surface area contributed by atoms with E-state index in [-0.39, 0.29) is 5.41 Å². The minimum atomic E-state index is 0.181. The monoisotopic (exact) mass is 295 g/mol. The Kier molecular flexibility index (Phi) is 2.80. The molecule has 1 heterocycles. The van der Waals surface area contributed by atoms with Gasteiger partial charge in [0.1, 0.15) is 0 Å². The summed E-state index contributed by atoms with van der Waals surface area (Å²) in [4.78, 5) is 0. The average molecular weight is 296 g/mol. The molecule has 3 heteroatoms. The van der Waals surface area contributed by atoms with Gasteiger partial charge in [-0.2, -0.15) is 0 Å². The third kappa shape index (κ3) is 1.52. The second-order valence-electron chi connectivity index (χ2n) is 5.42. The molecular weight excluding hydrogens is 278 g/mol. The van der Waals surface area contributed by atoms with E-state index in [4.69, 9.17) is 10.5 Å². The largest absolute Gasteiger partial charge is 0.379 e. The summed E-state index contributed by atoms with van der Waals surface area (Å²) in [7, 11) is 0. The molecule has 92 valence electrons. The fourth-order valence-electron chi connectivity index (χ4n) is 3.34. The molecule has 17 heavy (non-hydrogen) atoms. The number of nitrogens with two attached hydrogens (primary N) is 1. The Bertz CT molecular complexity index is 401. The number of halogens is 1. The van der Waals surface area contributed by atoms with E-state index >= 15 is 0 Å². The summed E-state index contributed by atoms with van der Waals surface area (Å²) in [5.41, 5.74) is 7.94. The Labute approximate surface area is 111 Å². The lowest BCUT2D eigenvalue weighted by Crippen LogP contribution is -2.64. The van der Waals surface area contributed by atoms with Crippen LogP contribution in [0.3, 0.4) is 0 Å². The first kappa shape index (κ1) is 11.7. The van der Waals surface area contributed by atoms with Crippen molar-refractivity contribution in [2.24, 2.45) is 11.1 Å². The highest BCUT2D eigenvalue weighted by Gasteiger charge is 2.58. The van der Waals surface area contributed by atoms with Crippen LogP contribution in [0, 0.1) is 5.41 Å². The first-order valence-corrected chi connectivity index (χ1v) is 7.06. The molecule has 2 fully saturated rings. The van der Waals surface area contributed by atoms with Crippen LogP contribution in [0.1, 0.15) is 24.8 Å². The molecule has 2 N–H and O–H groups in total. The molecule has 0 unspecified atom stereocenters. The molecule has 1 aliphatic carbocycles. The van der Waals surface area contributed by atoms with Gasteiger partial charge in [-0.1, -0.05) is 34.5 Å². The second kappa shape index (κ2) is 4.08. The third-order valence-electron chi connectivity index (χ3n) is 4.81. The number of benzene rings is 1. The summed E-state index contributed by atoms with van der Waals surface area (Å²) in [5, 5.41) is 0. The number of hydrogen-bond donors (Lipinski definition) is 1. The van der Waals surface area contributed by atoms with Gasteiger partial charge in [0.25, 0.3) is 0 Å². The summed E-state index contributed by atoms with van der Waals surface area (Å²) in [6.45, 7) is 2.46. The van der Waals surface area contributed by atoms with Crippen LogP contribution >= 0.6 is 15.9 Å². The fraction of sp³-hybridized carbons (Fsp3) is 0.571. The normalized spacial score (nSPS) is 24.8. The maximum absolute atomic E-state index is 6.07. The molecule has 0 amide bonds.